The van der Waals surface area contributed by atoms with Crippen LogP contribution in [-0.2, 0) is 9.47 Å². The predicted octanol–water partition coefficient (Wildman–Crippen LogP) is 4.60. The lowest BCUT2D eigenvalue weighted by molar-refractivity contribution is -0.0652. The normalized spacial score (nSPS) is 24.2. The zero-order chi connectivity index (χ0) is 16.1. The van der Waals surface area contributed by atoms with Crippen LogP contribution in [0, 0.1) is 0 Å². The Morgan fingerprint density at radius 3 is 2.22 bits per heavy atom. The Balaban J connectivity index is 1.51. The third-order valence-corrected chi connectivity index (χ3v) is 3.95. The molecule has 1 aliphatic heterocycles. The number of hydrogen-bond donors (Lipinski definition) is 0. The van der Waals surface area contributed by atoms with Crippen LogP contribution in [0.1, 0.15) is 31.3 Å². The van der Waals surface area contributed by atoms with Crippen LogP contribution in [-0.4, -0.2) is 18.8 Å². The Kier molecular flexibility index (Phi) is 5.11. The van der Waals surface area contributed by atoms with Crippen molar-refractivity contribution >= 4 is 6.08 Å². The van der Waals surface area contributed by atoms with E-state index in [1.54, 1.807) is 0 Å². The summed E-state index contributed by atoms with van der Waals surface area (Å²) in [6.45, 7) is 4.60. The molecule has 0 N–H and O–H groups in total. The van der Waals surface area contributed by atoms with Gasteiger partial charge in [-0.1, -0.05) is 48.5 Å². The number of hydrogen-bond acceptors (Lipinski definition) is 3. The first-order valence-corrected chi connectivity index (χ1v) is 7.97. The van der Waals surface area contributed by atoms with Crippen molar-refractivity contribution in [3.63, 3.8) is 0 Å². The Hall–Kier alpha value is -2.10. The van der Waals surface area contributed by atoms with Crippen molar-refractivity contribution in [3.05, 3.63) is 71.8 Å². The standard InChI is InChI=1S/C20H22O3/c1-15-16(2)23-20(22-15)18-10-12-19(13-11-18)21-14-6-9-17-7-4-3-5-8-17/h3-13,15-16,20H,14H2,1-2H3. The molecule has 3 nitrogen and oxygen atoms in total. The number of ether oxygens (including phenoxy) is 3. The van der Waals surface area contributed by atoms with Gasteiger partial charge in [-0.25, -0.2) is 0 Å². The minimum atomic E-state index is -0.271. The van der Waals surface area contributed by atoms with E-state index in [2.05, 4.69) is 18.2 Å². The van der Waals surface area contributed by atoms with Gasteiger partial charge >= 0.3 is 0 Å². The summed E-state index contributed by atoms with van der Waals surface area (Å²) in [5.74, 6) is 0.838. The monoisotopic (exact) mass is 310 g/mol. The summed E-state index contributed by atoms with van der Waals surface area (Å²) in [7, 11) is 0. The smallest absolute Gasteiger partial charge is 0.184 e. The van der Waals surface area contributed by atoms with Crippen LogP contribution in [0.2, 0.25) is 0 Å². The van der Waals surface area contributed by atoms with Crippen molar-refractivity contribution in [2.45, 2.75) is 32.3 Å². The zero-order valence-electron chi connectivity index (χ0n) is 13.5. The lowest BCUT2D eigenvalue weighted by Gasteiger charge is -2.11. The van der Waals surface area contributed by atoms with Crippen molar-refractivity contribution in [2.24, 2.45) is 0 Å². The molecule has 2 atom stereocenters. The van der Waals surface area contributed by atoms with Crippen molar-refractivity contribution < 1.29 is 14.2 Å². The average Bonchev–Trinajstić information content (AvgIpc) is 2.92. The summed E-state index contributed by atoms with van der Waals surface area (Å²) in [6, 6.07) is 18.1. The van der Waals surface area contributed by atoms with Gasteiger partial charge < -0.3 is 14.2 Å². The topological polar surface area (TPSA) is 27.7 Å². The van der Waals surface area contributed by atoms with Gasteiger partial charge in [0.05, 0.1) is 12.2 Å². The molecule has 2 aromatic rings. The van der Waals surface area contributed by atoms with E-state index < -0.39 is 0 Å². The molecule has 0 aliphatic carbocycles. The number of benzene rings is 2. The van der Waals surface area contributed by atoms with Gasteiger partial charge in [-0.15, -0.1) is 0 Å². The van der Waals surface area contributed by atoms with Crippen LogP contribution in [0.4, 0.5) is 0 Å². The zero-order valence-corrected chi connectivity index (χ0v) is 13.5. The van der Waals surface area contributed by atoms with Crippen molar-refractivity contribution in [2.75, 3.05) is 6.61 Å². The van der Waals surface area contributed by atoms with E-state index in [1.165, 1.54) is 5.56 Å². The van der Waals surface area contributed by atoms with Crippen LogP contribution < -0.4 is 4.74 Å². The molecule has 0 amide bonds. The van der Waals surface area contributed by atoms with Crippen LogP contribution in [0.25, 0.3) is 6.08 Å². The molecule has 1 heterocycles. The average molecular weight is 310 g/mol. The fraction of sp³-hybridized carbons (Fsp3) is 0.300. The quantitative estimate of drug-likeness (QED) is 0.807. The molecule has 1 saturated heterocycles. The highest BCUT2D eigenvalue weighted by atomic mass is 16.7. The molecular formula is C20H22O3. The number of rotatable bonds is 5. The lowest BCUT2D eigenvalue weighted by atomic mass is 10.2. The third kappa shape index (κ3) is 4.21. The second kappa shape index (κ2) is 7.44. The summed E-state index contributed by atoms with van der Waals surface area (Å²) < 4.78 is 17.3. The highest BCUT2D eigenvalue weighted by Gasteiger charge is 2.30. The van der Waals surface area contributed by atoms with Gasteiger partial charge in [0.2, 0.25) is 0 Å². The van der Waals surface area contributed by atoms with Gasteiger partial charge in [-0.3, -0.25) is 0 Å². The second-order valence-corrected chi connectivity index (χ2v) is 5.71. The SMILES string of the molecule is CC1OC(c2ccc(OCC=Cc3ccccc3)cc2)OC1C. The van der Waals surface area contributed by atoms with Crippen LogP contribution >= 0.6 is 0 Å². The maximum atomic E-state index is 5.77. The fourth-order valence-electron chi connectivity index (χ4n) is 2.41. The van der Waals surface area contributed by atoms with E-state index in [0.717, 1.165) is 11.3 Å². The first-order chi connectivity index (χ1) is 11.2. The molecule has 3 rings (SSSR count). The minimum absolute atomic E-state index is 0.124. The van der Waals surface area contributed by atoms with E-state index >= 15 is 0 Å². The van der Waals surface area contributed by atoms with Crippen LogP contribution in [0.3, 0.4) is 0 Å². The van der Waals surface area contributed by atoms with Gasteiger partial charge in [-0.2, -0.15) is 0 Å². The summed E-state index contributed by atoms with van der Waals surface area (Å²) >= 11 is 0. The first-order valence-electron chi connectivity index (χ1n) is 7.97. The van der Waals surface area contributed by atoms with Gasteiger partial charge in [0.1, 0.15) is 12.4 Å². The van der Waals surface area contributed by atoms with Crippen molar-refractivity contribution in [3.8, 4) is 5.75 Å². The lowest BCUT2D eigenvalue weighted by Crippen LogP contribution is -2.13. The molecular weight excluding hydrogens is 288 g/mol. The van der Waals surface area contributed by atoms with E-state index in [9.17, 15) is 0 Å². The Morgan fingerprint density at radius 1 is 0.913 bits per heavy atom. The van der Waals surface area contributed by atoms with Crippen LogP contribution in [0.5, 0.6) is 5.75 Å². The molecule has 23 heavy (non-hydrogen) atoms. The maximum absolute atomic E-state index is 5.77. The summed E-state index contributed by atoms with van der Waals surface area (Å²) in [4.78, 5) is 0. The Labute approximate surface area is 137 Å². The van der Waals surface area contributed by atoms with Gasteiger partial charge in [-0.05, 0) is 37.6 Å². The molecule has 1 fully saturated rings. The van der Waals surface area contributed by atoms with E-state index in [4.69, 9.17) is 14.2 Å². The summed E-state index contributed by atoms with van der Waals surface area (Å²) in [6.07, 6.45) is 4.04. The molecule has 0 saturated carbocycles. The van der Waals surface area contributed by atoms with E-state index in [1.807, 2.05) is 62.4 Å². The van der Waals surface area contributed by atoms with Gasteiger partial charge in [0.15, 0.2) is 6.29 Å². The molecule has 0 bridgehead atoms. The molecule has 0 spiro atoms. The summed E-state index contributed by atoms with van der Waals surface area (Å²) in [5.41, 5.74) is 2.19. The van der Waals surface area contributed by atoms with Crippen molar-refractivity contribution in [1.29, 1.82) is 0 Å². The maximum Gasteiger partial charge on any atom is 0.184 e. The second-order valence-electron chi connectivity index (χ2n) is 5.71. The minimum Gasteiger partial charge on any atom is -0.490 e. The highest BCUT2D eigenvalue weighted by Crippen LogP contribution is 2.31. The molecule has 1 aliphatic rings. The molecule has 0 aromatic heterocycles. The third-order valence-electron chi connectivity index (χ3n) is 3.95. The van der Waals surface area contributed by atoms with Gasteiger partial charge in [0.25, 0.3) is 0 Å². The predicted molar refractivity (Wildman–Crippen MR) is 91.2 cm³/mol. The molecule has 0 radical (unpaired) electrons. The Bertz CT molecular complexity index is 624. The Morgan fingerprint density at radius 2 is 1.57 bits per heavy atom. The van der Waals surface area contributed by atoms with Crippen LogP contribution in [0.15, 0.2) is 60.7 Å². The fourth-order valence-corrected chi connectivity index (χ4v) is 2.41. The van der Waals surface area contributed by atoms with E-state index in [-0.39, 0.29) is 18.5 Å². The molecule has 120 valence electrons. The molecule has 2 unspecified atom stereocenters. The highest BCUT2D eigenvalue weighted by molar-refractivity contribution is 5.48. The molecule has 2 aromatic carbocycles. The van der Waals surface area contributed by atoms with Gasteiger partial charge in [0, 0.05) is 5.56 Å². The van der Waals surface area contributed by atoms with Crippen molar-refractivity contribution in [1.82, 2.24) is 0 Å². The first kappa shape index (κ1) is 15.8. The van der Waals surface area contributed by atoms with E-state index in [0.29, 0.717) is 6.61 Å². The summed E-state index contributed by atoms with van der Waals surface area (Å²) in [5, 5.41) is 0. The molecule has 3 heteroatoms. The largest absolute Gasteiger partial charge is 0.490 e.